The number of piperidine rings is 1. The number of nitrogens with one attached hydrogen (secondary N) is 1. The summed E-state index contributed by atoms with van der Waals surface area (Å²) >= 11 is 0. The molecular formula is C21H39NO3. The second kappa shape index (κ2) is 8.85. The predicted octanol–water partition coefficient (Wildman–Crippen LogP) is 4.03. The van der Waals surface area contributed by atoms with E-state index in [1.165, 1.54) is 20.0 Å². The maximum absolute atomic E-state index is 12.7. The Hall–Kier alpha value is -0.610. The quantitative estimate of drug-likeness (QED) is 0.758. The van der Waals surface area contributed by atoms with E-state index in [1.807, 2.05) is 0 Å². The van der Waals surface area contributed by atoms with Crippen molar-refractivity contribution in [3.63, 3.8) is 0 Å². The van der Waals surface area contributed by atoms with Crippen LogP contribution >= 0.6 is 0 Å². The predicted molar refractivity (Wildman–Crippen MR) is 101 cm³/mol. The summed E-state index contributed by atoms with van der Waals surface area (Å²) < 4.78 is 10.9. The van der Waals surface area contributed by atoms with E-state index in [0.29, 0.717) is 5.92 Å². The average molecular weight is 354 g/mol. The van der Waals surface area contributed by atoms with E-state index in [0.717, 1.165) is 63.8 Å². The maximum Gasteiger partial charge on any atom is 0.313 e. The third-order valence-electron chi connectivity index (χ3n) is 6.72. The van der Waals surface area contributed by atoms with Crippen LogP contribution in [-0.4, -0.2) is 39.4 Å². The van der Waals surface area contributed by atoms with Crippen molar-refractivity contribution in [2.45, 2.75) is 66.2 Å². The van der Waals surface area contributed by atoms with Crippen LogP contribution in [0.5, 0.6) is 0 Å². The Morgan fingerprint density at radius 1 is 1.28 bits per heavy atom. The van der Waals surface area contributed by atoms with Gasteiger partial charge in [-0.3, -0.25) is 4.79 Å². The fourth-order valence-corrected chi connectivity index (χ4v) is 4.64. The van der Waals surface area contributed by atoms with E-state index in [1.54, 1.807) is 0 Å². The molecule has 0 aromatic carbocycles. The molecule has 146 valence electrons. The maximum atomic E-state index is 12.7. The van der Waals surface area contributed by atoms with Crippen LogP contribution in [0.3, 0.4) is 0 Å². The summed E-state index contributed by atoms with van der Waals surface area (Å²) in [6, 6.07) is 0. The molecule has 4 atom stereocenters. The smallest absolute Gasteiger partial charge is 0.313 e. The van der Waals surface area contributed by atoms with Crippen LogP contribution in [0, 0.1) is 28.6 Å². The van der Waals surface area contributed by atoms with Crippen molar-refractivity contribution in [3.05, 3.63) is 0 Å². The van der Waals surface area contributed by atoms with Gasteiger partial charge >= 0.3 is 5.97 Å². The molecular weight excluding hydrogens is 314 g/mol. The Kier molecular flexibility index (Phi) is 7.33. The van der Waals surface area contributed by atoms with Crippen molar-refractivity contribution < 1.29 is 14.3 Å². The first-order chi connectivity index (χ1) is 11.8. The normalized spacial score (nSPS) is 34.4. The summed E-state index contributed by atoms with van der Waals surface area (Å²) in [6.45, 7) is 12.7. The SMILES string of the molecule is COC(=O)[C@@]1(CCCC2CCOCCC2C)CNC[C@H](C(C)(C)C)C1. The molecule has 0 amide bonds. The summed E-state index contributed by atoms with van der Waals surface area (Å²) in [5, 5.41) is 3.53. The van der Waals surface area contributed by atoms with E-state index in [4.69, 9.17) is 9.47 Å². The number of methoxy groups -OCH3 is 1. The lowest BCUT2D eigenvalue weighted by Crippen LogP contribution is -2.52. The van der Waals surface area contributed by atoms with Crippen LogP contribution < -0.4 is 5.32 Å². The molecule has 2 saturated heterocycles. The molecule has 0 aromatic heterocycles. The van der Waals surface area contributed by atoms with Crippen molar-refractivity contribution in [1.82, 2.24) is 5.32 Å². The zero-order valence-corrected chi connectivity index (χ0v) is 17.0. The minimum absolute atomic E-state index is 0.0220. The van der Waals surface area contributed by atoms with Crippen molar-refractivity contribution in [2.75, 3.05) is 33.4 Å². The minimum Gasteiger partial charge on any atom is -0.469 e. The van der Waals surface area contributed by atoms with Crippen molar-refractivity contribution in [2.24, 2.45) is 28.6 Å². The molecule has 0 aromatic rings. The number of ether oxygens (including phenoxy) is 2. The van der Waals surface area contributed by atoms with Crippen LogP contribution in [0.2, 0.25) is 0 Å². The standard InChI is InChI=1S/C21H39NO3/c1-16-8-11-25-12-9-17(16)7-6-10-21(19(23)24-5)13-18(14-22-15-21)20(2,3)4/h16-18,22H,6-15H2,1-5H3/t16?,17?,18-,21-/m1/s1. The number of carbonyl (C=O) groups excluding carboxylic acids is 1. The first-order valence-corrected chi connectivity index (χ1v) is 10.2. The van der Waals surface area contributed by atoms with Gasteiger partial charge in [-0.25, -0.2) is 0 Å². The highest BCUT2D eigenvalue weighted by Crippen LogP contribution is 2.43. The van der Waals surface area contributed by atoms with Crippen molar-refractivity contribution in [1.29, 1.82) is 0 Å². The summed E-state index contributed by atoms with van der Waals surface area (Å²) in [6.07, 6.45) is 6.50. The zero-order chi connectivity index (χ0) is 18.5. The van der Waals surface area contributed by atoms with Crippen molar-refractivity contribution >= 4 is 5.97 Å². The van der Waals surface area contributed by atoms with Gasteiger partial charge in [0.05, 0.1) is 12.5 Å². The van der Waals surface area contributed by atoms with Gasteiger partial charge in [-0.1, -0.05) is 40.5 Å². The van der Waals surface area contributed by atoms with Crippen molar-refractivity contribution in [3.8, 4) is 0 Å². The zero-order valence-electron chi connectivity index (χ0n) is 17.0. The van der Waals surface area contributed by atoms with Gasteiger partial charge in [0.2, 0.25) is 0 Å². The lowest BCUT2D eigenvalue weighted by Gasteiger charge is -2.44. The Labute approximate surface area is 154 Å². The molecule has 0 saturated carbocycles. The summed E-state index contributed by atoms with van der Waals surface area (Å²) in [7, 11) is 1.54. The summed E-state index contributed by atoms with van der Waals surface area (Å²) in [5.41, 5.74) is -0.144. The molecule has 0 radical (unpaired) electrons. The molecule has 4 heteroatoms. The van der Waals surface area contributed by atoms with Crippen LogP contribution in [0.1, 0.15) is 66.2 Å². The number of carbonyl (C=O) groups is 1. The van der Waals surface area contributed by atoms with Crippen LogP contribution in [-0.2, 0) is 14.3 Å². The lowest BCUT2D eigenvalue weighted by molar-refractivity contribution is -0.156. The van der Waals surface area contributed by atoms with Gasteiger partial charge in [0.15, 0.2) is 0 Å². The third-order valence-corrected chi connectivity index (χ3v) is 6.72. The minimum atomic E-state index is -0.352. The largest absolute Gasteiger partial charge is 0.469 e. The van der Waals surface area contributed by atoms with E-state index in [-0.39, 0.29) is 16.8 Å². The van der Waals surface area contributed by atoms with Gasteiger partial charge in [0, 0.05) is 19.8 Å². The van der Waals surface area contributed by atoms with Gasteiger partial charge < -0.3 is 14.8 Å². The summed E-state index contributed by atoms with van der Waals surface area (Å²) in [5.74, 6) is 1.94. The second-order valence-corrected chi connectivity index (χ2v) is 9.49. The number of esters is 1. The molecule has 2 aliphatic heterocycles. The molecule has 4 nitrogen and oxygen atoms in total. The lowest BCUT2D eigenvalue weighted by atomic mass is 9.65. The molecule has 0 aliphatic carbocycles. The topological polar surface area (TPSA) is 47.6 Å². The summed E-state index contributed by atoms with van der Waals surface area (Å²) in [4.78, 5) is 12.7. The first-order valence-electron chi connectivity index (χ1n) is 10.2. The van der Waals surface area contributed by atoms with Gasteiger partial charge in [-0.15, -0.1) is 0 Å². The van der Waals surface area contributed by atoms with Gasteiger partial charge in [-0.05, 0) is 55.4 Å². The molecule has 2 rings (SSSR count). The monoisotopic (exact) mass is 353 g/mol. The van der Waals surface area contributed by atoms with Gasteiger partial charge in [0.25, 0.3) is 0 Å². The molecule has 2 unspecified atom stereocenters. The van der Waals surface area contributed by atoms with E-state index >= 15 is 0 Å². The number of rotatable bonds is 5. The number of hydrogen-bond donors (Lipinski definition) is 1. The number of hydrogen-bond acceptors (Lipinski definition) is 4. The van der Waals surface area contributed by atoms with E-state index < -0.39 is 0 Å². The van der Waals surface area contributed by atoms with Crippen LogP contribution in [0.25, 0.3) is 0 Å². The highest BCUT2D eigenvalue weighted by atomic mass is 16.5. The molecule has 0 spiro atoms. The molecule has 2 fully saturated rings. The Balaban J connectivity index is 1.99. The van der Waals surface area contributed by atoms with E-state index in [9.17, 15) is 4.79 Å². The third kappa shape index (κ3) is 5.43. The Bertz CT molecular complexity index is 431. The van der Waals surface area contributed by atoms with Gasteiger partial charge in [-0.2, -0.15) is 0 Å². The molecule has 0 bridgehead atoms. The highest BCUT2D eigenvalue weighted by molar-refractivity contribution is 5.77. The first kappa shape index (κ1) is 20.7. The molecule has 2 heterocycles. The van der Waals surface area contributed by atoms with Crippen LogP contribution in [0.4, 0.5) is 0 Å². The Morgan fingerprint density at radius 3 is 2.68 bits per heavy atom. The van der Waals surface area contributed by atoms with Gasteiger partial charge in [0.1, 0.15) is 0 Å². The second-order valence-electron chi connectivity index (χ2n) is 9.49. The Morgan fingerprint density at radius 2 is 2.00 bits per heavy atom. The highest BCUT2D eigenvalue weighted by Gasteiger charge is 2.46. The average Bonchev–Trinajstić information content (AvgIpc) is 2.78. The molecule has 2 aliphatic rings. The molecule has 1 N–H and O–H groups in total. The fraction of sp³-hybridized carbons (Fsp3) is 0.952. The molecule has 25 heavy (non-hydrogen) atoms. The fourth-order valence-electron chi connectivity index (χ4n) is 4.64. The van der Waals surface area contributed by atoms with E-state index in [2.05, 4.69) is 33.0 Å². The van der Waals surface area contributed by atoms with Crippen LogP contribution in [0.15, 0.2) is 0 Å².